The van der Waals surface area contributed by atoms with E-state index in [4.69, 9.17) is 5.73 Å². The smallest absolute Gasteiger partial charge is 0.123 e. The topological polar surface area (TPSA) is 26.0 Å². The summed E-state index contributed by atoms with van der Waals surface area (Å²) in [6, 6.07) is 13.0. The van der Waals surface area contributed by atoms with Gasteiger partial charge in [-0.05, 0) is 61.2 Å². The first kappa shape index (κ1) is 15.1. The largest absolute Gasteiger partial charge is 0.327 e. The molecule has 2 N–H and O–H groups in total. The van der Waals surface area contributed by atoms with E-state index < -0.39 is 0 Å². The highest BCUT2D eigenvalue weighted by Crippen LogP contribution is 2.21. The van der Waals surface area contributed by atoms with Crippen molar-refractivity contribution in [2.75, 3.05) is 5.75 Å². The van der Waals surface area contributed by atoms with Crippen molar-refractivity contribution in [1.82, 2.24) is 0 Å². The molecule has 106 valence electrons. The maximum Gasteiger partial charge on any atom is 0.123 e. The zero-order chi connectivity index (χ0) is 14.5. The minimum Gasteiger partial charge on any atom is -0.327 e. The molecular formula is C17H20FNS. The first-order valence-electron chi connectivity index (χ1n) is 6.75. The van der Waals surface area contributed by atoms with Gasteiger partial charge in [0.25, 0.3) is 0 Å². The Labute approximate surface area is 124 Å². The van der Waals surface area contributed by atoms with Crippen LogP contribution in [0.4, 0.5) is 4.39 Å². The lowest BCUT2D eigenvalue weighted by Gasteiger charge is -2.15. The molecule has 2 aromatic rings. The third-order valence-corrected chi connectivity index (χ3v) is 4.59. The Morgan fingerprint density at radius 3 is 2.25 bits per heavy atom. The molecule has 1 unspecified atom stereocenters. The second-order valence-corrected chi connectivity index (χ2v) is 6.19. The van der Waals surface area contributed by atoms with E-state index in [0.717, 1.165) is 17.1 Å². The molecule has 0 saturated carbocycles. The zero-order valence-corrected chi connectivity index (χ0v) is 12.7. The van der Waals surface area contributed by atoms with Gasteiger partial charge >= 0.3 is 0 Å². The number of halogens is 1. The van der Waals surface area contributed by atoms with Crippen LogP contribution in [-0.2, 0) is 6.42 Å². The molecule has 1 nitrogen and oxygen atoms in total. The lowest BCUT2D eigenvalue weighted by atomic mass is 9.97. The Bertz CT molecular complexity index is 545. The Morgan fingerprint density at radius 2 is 1.65 bits per heavy atom. The number of rotatable bonds is 5. The third-order valence-electron chi connectivity index (χ3n) is 3.39. The summed E-state index contributed by atoms with van der Waals surface area (Å²) in [5, 5.41) is 0. The molecule has 0 aliphatic carbocycles. The highest BCUT2D eigenvalue weighted by atomic mass is 32.2. The number of benzene rings is 2. The van der Waals surface area contributed by atoms with Crippen LogP contribution in [0.5, 0.6) is 0 Å². The molecule has 0 amide bonds. The lowest BCUT2D eigenvalue weighted by Crippen LogP contribution is -2.26. The fourth-order valence-electron chi connectivity index (χ4n) is 2.23. The maximum absolute atomic E-state index is 12.8. The van der Waals surface area contributed by atoms with Gasteiger partial charge in [0, 0.05) is 16.7 Å². The van der Waals surface area contributed by atoms with E-state index in [2.05, 4.69) is 32.0 Å². The molecule has 0 aliphatic heterocycles. The van der Waals surface area contributed by atoms with E-state index >= 15 is 0 Å². The summed E-state index contributed by atoms with van der Waals surface area (Å²) in [4.78, 5) is 1.06. The predicted octanol–water partition coefficient (Wildman–Crippen LogP) is 4.10. The first-order valence-corrected chi connectivity index (χ1v) is 7.74. The molecule has 20 heavy (non-hydrogen) atoms. The van der Waals surface area contributed by atoms with Crippen LogP contribution < -0.4 is 5.73 Å². The SMILES string of the molecule is Cc1cccc(C)c1CC(N)CSc1ccc(F)cc1. The highest BCUT2D eigenvalue weighted by molar-refractivity contribution is 7.99. The van der Waals surface area contributed by atoms with Gasteiger partial charge in [-0.25, -0.2) is 4.39 Å². The molecule has 0 saturated heterocycles. The fourth-order valence-corrected chi connectivity index (χ4v) is 3.08. The van der Waals surface area contributed by atoms with Crippen molar-refractivity contribution >= 4 is 11.8 Å². The van der Waals surface area contributed by atoms with Crippen LogP contribution in [0.25, 0.3) is 0 Å². The molecule has 0 aromatic heterocycles. The monoisotopic (exact) mass is 289 g/mol. The summed E-state index contributed by atoms with van der Waals surface area (Å²) in [6.07, 6.45) is 0.882. The van der Waals surface area contributed by atoms with Crippen LogP contribution in [0.2, 0.25) is 0 Å². The lowest BCUT2D eigenvalue weighted by molar-refractivity contribution is 0.626. The molecule has 0 fully saturated rings. The van der Waals surface area contributed by atoms with Crippen LogP contribution >= 0.6 is 11.8 Å². The molecule has 0 spiro atoms. The van der Waals surface area contributed by atoms with Crippen molar-refractivity contribution in [1.29, 1.82) is 0 Å². The van der Waals surface area contributed by atoms with Crippen molar-refractivity contribution < 1.29 is 4.39 Å². The second-order valence-electron chi connectivity index (χ2n) is 5.10. The molecular weight excluding hydrogens is 269 g/mol. The van der Waals surface area contributed by atoms with E-state index in [0.29, 0.717) is 0 Å². The van der Waals surface area contributed by atoms with Gasteiger partial charge in [-0.3, -0.25) is 0 Å². The van der Waals surface area contributed by atoms with Gasteiger partial charge in [0.15, 0.2) is 0 Å². The van der Waals surface area contributed by atoms with E-state index in [-0.39, 0.29) is 11.9 Å². The molecule has 2 rings (SSSR count). The zero-order valence-electron chi connectivity index (χ0n) is 11.9. The first-order chi connectivity index (χ1) is 9.56. The summed E-state index contributed by atoms with van der Waals surface area (Å²) in [5.74, 6) is 0.633. The standard InChI is InChI=1S/C17H20FNS/c1-12-4-3-5-13(2)17(12)10-15(19)11-20-16-8-6-14(18)7-9-16/h3-9,15H,10-11,19H2,1-2H3. The van der Waals surface area contributed by atoms with Gasteiger partial charge in [0.05, 0.1) is 0 Å². The molecule has 3 heteroatoms. The summed E-state index contributed by atoms with van der Waals surface area (Å²) >= 11 is 1.68. The second kappa shape index (κ2) is 6.91. The van der Waals surface area contributed by atoms with Crippen molar-refractivity contribution in [2.45, 2.75) is 31.2 Å². The van der Waals surface area contributed by atoms with E-state index in [1.54, 1.807) is 23.9 Å². The van der Waals surface area contributed by atoms with Crippen LogP contribution in [0.3, 0.4) is 0 Å². The minimum absolute atomic E-state index is 0.102. The number of aryl methyl sites for hydroxylation is 2. The Morgan fingerprint density at radius 1 is 1.05 bits per heavy atom. The Kier molecular flexibility index (Phi) is 5.21. The fraction of sp³-hybridized carbons (Fsp3) is 0.294. The highest BCUT2D eigenvalue weighted by Gasteiger charge is 2.09. The van der Waals surface area contributed by atoms with E-state index in [1.807, 2.05) is 0 Å². The molecule has 0 aliphatic rings. The average molecular weight is 289 g/mol. The molecule has 1 atom stereocenters. The van der Waals surface area contributed by atoms with Gasteiger partial charge in [0.1, 0.15) is 5.82 Å². The maximum atomic E-state index is 12.8. The molecule has 2 aromatic carbocycles. The van der Waals surface area contributed by atoms with Gasteiger partial charge < -0.3 is 5.73 Å². The Balaban J connectivity index is 1.92. The van der Waals surface area contributed by atoms with Gasteiger partial charge in [0.2, 0.25) is 0 Å². The van der Waals surface area contributed by atoms with Gasteiger partial charge in [-0.15, -0.1) is 11.8 Å². The molecule has 0 radical (unpaired) electrons. The average Bonchev–Trinajstić information content (AvgIpc) is 2.42. The van der Waals surface area contributed by atoms with E-state index in [1.165, 1.54) is 28.8 Å². The van der Waals surface area contributed by atoms with Crippen molar-refractivity contribution in [3.63, 3.8) is 0 Å². The predicted molar refractivity (Wildman–Crippen MR) is 84.7 cm³/mol. The molecule has 0 bridgehead atoms. The summed E-state index contributed by atoms with van der Waals surface area (Å²) in [5.41, 5.74) is 10.2. The summed E-state index contributed by atoms with van der Waals surface area (Å²) in [6.45, 7) is 4.25. The Hall–Kier alpha value is -1.32. The van der Waals surface area contributed by atoms with Crippen LogP contribution in [-0.4, -0.2) is 11.8 Å². The van der Waals surface area contributed by atoms with Crippen LogP contribution in [0.1, 0.15) is 16.7 Å². The van der Waals surface area contributed by atoms with Crippen LogP contribution in [0.15, 0.2) is 47.4 Å². The summed E-state index contributed by atoms with van der Waals surface area (Å²) < 4.78 is 12.8. The van der Waals surface area contributed by atoms with Gasteiger partial charge in [-0.2, -0.15) is 0 Å². The van der Waals surface area contributed by atoms with Crippen molar-refractivity contribution in [2.24, 2.45) is 5.73 Å². The minimum atomic E-state index is -0.200. The number of nitrogens with two attached hydrogens (primary N) is 1. The number of hydrogen-bond acceptors (Lipinski definition) is 2. The molecule has 0 heterocycles. The quantitative estimate of drug-likeness (QED) is 0.838. The van der Waals surface area contributed by atoms with Crippen LogP contribution in [0, 0.1) is 19.7 Å². The third kappa shape index (κ3) is 4.09. The van der Waals surface area contributed by atoms with Gasteiger partial charge in [-0.1, -0.05) is 18.2 Å². The number of thioether (sulfide) groups is 1. The van der Waals surface area contributed by atoms with E-state index in [9.17, 15) is 4.39 Å². The number of hydrogen-bond donors (Lipinski definition) is 1. The normalized spacial score (nSPS) is 12.4. The summed E-state index contributed by atoms with van der Waals surface area (Å²) in [7, 11) is 0. The van der Waals surface area contributed by atoms with Crippen molar-refractivity contribution in [3.05, 3.63) is 65.0 Å². The van der Waals surface area contributed by atoms with Crippen molar-refractivity contribution in [3.8, 4) is 0 Å².